The molecule has 160 valence electrons. The largest absolute Gasteiger partial charge is 0.451 e. The highest BCUT2D eigenvalue weighted by Crippen LogP contribution is 2.34. The quantitative estimate of drug-likeness (QED) is 0.358. The molecule has 0 bridgehead atoms. The molecule has 0 radical (unpaired) electrons. The van der Waals surface area contributed by atoms with Crippen LogP contribution in [0.4, 0.5) is 17.6 Å². The summed E-state index contributed by atoms with van der Waals surface area (Å²) in [6, 6.07) is 5.42. The Morgan fingerprint density at radius 3 is 2.20 bits per heavy atom. The van der Waals surface area contributed by atoms with E-state index in [0.717, 1.165) is 6.08 Å². The second kappa shape index (κ2) is 9.86. The summed E-state index contributed by atoms with van der Waals surface area (Å²) in [6.45, 7) is 4.49. The van der Waals surface area contributed by atoms with Crippen LogP contribution in [0.1, 0.15) is 29.3 Å². The number of Topliss-reactive ketones (excluding diaryl/α,β-unsaturated/α-hetero) is 1. The van der Waals surface area contributed by atoms with Crippen LogP contribution in [0.3, 0.4) is 0 Å². The smallest absolute Gasteiger partial charge is 0.205 e. The molecule has 1 heterocycles. The molecule has 0 N–H and O–H groups in total. The van der Waals surface area contributed by atoms with Gasteiger partial charge in [0, 0.05) is 31.6 Å². The van der Waals surface area contributed by atoms with Crippen molar-refractivity contribution in [3.63, 3.8) is 0 Å². The van der Waals surface area contributed by atoms with E-state index in [9.17, 15) is 22.4 Å². The molecule has 3 rings (SSSR count). The molecule has 0 saturated carbocycles. The number of halogens is 4. The molecule has 8 heteroatoms. The fraction of sp³-hybridized carbons (Fsp3) is 0.318. The van der Waals surface area contributed by atoms with E-state index in [0.29, 0.717) is 44.8 Å². The van der Waals surface area contributed by atoms with Crippen molar-refractivity contribution in [2.24, 2.45) is 0 Å². The number of hydrogen-bond donors (Lipinski definition) is 0. The van der Waals surface area contributed by atoms with E-state index >= 15 is 0 Å². The lowest BCUT2D eigenvalue weighted by molar-refractivity contribution is 0.0435. The number of carbonyl (C=O) groups is 1. The van der Waals surface area contributed by atoms with Gasteiger partial charge in [-0.1, -0.05) is 19.1 Å². The van der Waals surface area contributed by atoms with Gasteiger partial charge < -0.3 is 9.47 Å². The van der Waals surface area contributed by atoms with E-state index in [2.05, 4.69) is 0 Å². The van der Waals surface area contributed by atoms with Crippen LogP contribution >= 0.6 is 0 Å². The van der Waals surface area contributed by atoms with Gasteiger partial charge in [0.2, 0.25) is 17.4 Å². The first-order chi connectivity index (χ1) is 14.4. The standard InChI is InChI=1S/C22H21F4NO3/c1-2-17(28)14-5-7-15(8-6-14)30-22-20(25)18(23)16(19(24)21(22)26)4-3-9-27-10-12-29-13-11-27/h3-8H,2,9-13H2,1H3. The predicted molar refractivity (Wildman–Crippen MR) is 104 cm³/mol. The Morgan fingerprint density at radius 2 is 1.63 bits per heavy atom. The van der Waals surface area contributed by atoms with Crippen molar-refractivity contribution in [1.82, 2.24) is 4.90 Å². The lowest BCUT2D eigenvalue weighted by Crippen LogP contribution is -2.36. The molecule has 4 nitrogen and oxygen atoms in total. The first kappa shape index (κ1) is 22.0. The molecule has 2 aromatic carbocycles. The Labute approximate surface area is 171 Å². The zero-order valence-corrected chi connectivity index (χ0v) is 16.4. The van der Waals surface area contributed by atoms with Gasteiger partial charge in [-0.15, -0.1) is 0 Å². The predicted octanol–water partition coefficient (Wildman–Crippen LogP) is 4.97. The van der Waals surface area contributed by atoms with E-state index in [4.69, 9.17) is 9.47 Å². The highest BCUT2D eigenvalue weighted by molar-refractivity contribution is 5.95. The number of ketones is 1. The van der Waals surface area contributed by atoms with E-state index in [-0.39, 0.29) is 11.5 Å². The fourth-order valence-corrected chi connectivity index (χ4v) is 3.00. The van der Waals surface area contributed by atoms with Gasteiger partial charge in [-0.2, -0.15) is 8.78 Å². The monoisotopic (exact) mass is 423 g/mol. The summed E-state index contributed by atoms with van der Waals surface area (Å²) in [5, 5.41) is 0. The molecular formula is C22H21F4NO3. The van der Waals surface area contributed by atoms with Crippen molar-refractivity contribution < 1.29 is 31.8 Å². The molecule has 0 atom stereocenters. The van der Waals surface area contributed by atoms with Gasteiger partial charge >= 0.3 is 0 Å². The third-order valence-electron chi connectivity index (χ3n) is 4.73. The highest BCUT2D eigenvalue weighted by atomic mass is 19.2. The SMILES string of the molecule is CCC(=O)c1ccc(Oc2c(F)c(F)c(C=CCN3CCOCC3)c(F)c2F)cc1. The number of morpholine rings is 1. The Morgan fingerprint density at radius 1 is 1.03 bits per heavy atom. The van der Waals surface area contributed by atoms with Crippen LogP contribution < -0.4 is 4.74 Å². The minimum atomic E-state index is -1.63. The maximum absolute atomic E-state index is 14.4. The number of hydrogen-bond acceptors (Lipinski definition) is 4. The number of rotatable bonds is 7. The van der Waals surface area contributed by atoms with Crippen molar-refractivity contribution >= 4 is 11.9 Å². The van der Waals surface area contributed by atoms with Gasteiger partial charge in [0.25, 0.3) is 0 Å². The zero-order valence-electron chi connectivity index (χ0n) is 16.4. The molecule has 0 amide bonds. The molecule has 1 aliphatic rings. The van der Waals surface area contributed by atoms with Crippen molar-refractivity contribution in [3.8, 4) is 11.5 Å². The lowest BCUT2D eigenvalue weighted by atomic mass is 10.1. The molecule has 1 aliphatic heterocycles. The van der Waals surface area contributed by atoms with E-state index in [1.54, 1.807) is 6.92 Å². The minimum Gasteiger partial charge on any atom is -0.451 e. The van der Waals surface area contributed by atoms with Crippen LogP contribution in [0.2, 0.25) is 0 Å². The van der Waals surface area contributed by atoms with Crippen LogP contribution in [-0.4, -0.2) is 43.5 Å². The van der Waals surface area contributed by atoms with Gasteiger partial charge in [-0.05, 0) is 24.3 Å². The van der Waals surface area contributed by atoms with E-state index in [1.807, 2.05) is 4.90 Å². The number of ether oxygens (including phenoxy) is 2. The molecule has 0 spiro atoms. The lowest BCUT2D eigenvalue weighted by Gasteiger charge is -2.25. The summed E-state index contributed by atoms with van der Waals surface area (Å²) < 4.78 is 67.9. The Bertz CT molecular complexity index is 909. The number of nitrogens with zero attached hydrogens (tertiary/aromatic N) is 1. The van der Waals surface area contributed by atoms with Crippen LogP contribution in [0.5, 0.6) is 11.5 Å². The van der Waals surface area contributed by atoms with Crippen molar-refractivity contribution in [2.75, 3.05) is 32.8 Å². The van der Waals surface area contributed by atoms with Gasteiger partial charge in [0.1, 0.15) is 5.75 Å². The molecule has 1 fully saturated rings. The Hall–Kier alpha value is -2.71. The highest BCUT2D eigenvalue weighted by Gasteiger charge is 2.26. The Balaban J connectivity index is 1.80. The minimum absolute atomic E-state index is 0.0603. The van der Waals surface area contributed by atoms with Crippen LogP contribution in [-0.2, 0) is 4.74 Å². The second-order valence-electron chi connectivity index (χ2n) is 6.72. The molecular weight excluding hydrogens is 402 g/mol. The zero-order chi connectivity index (χ0) is 21.7. The average molecular weight is 423 g/mol. The van der Waals surface area contributed by atoms with Crippen molar-refractivity contribution in [1.29, 1.82) is 0 Å². The summed E-state index contributed by atoms with van der Waals surface area (Å²) in [6.07, 6.45) is 2.75. The average Bonchev–Trinajstić information content (AvgIpc) is 2.78. The van der Waals surface area contributed by atoms with E-state index < -0.39 is 34.6 Å². The molecule has 1 saturated heterocycles. The summed E-state index contributed by atoms with van der Waals surface area (Å²) in [5.41, 5.74) is -0.418. The second-order valence-corrected chi connectivity index (χ2v) is 6.72. The topological polar surface area (TPSA) is 38.8 Å². The summed E-state index contributed by atoms with van der Waals surface area (Å²) in [7, 11) is 0. The first-order valence-electron chi connectivity index (χ1n) is 9.56. The van der Waals surface area contributed by atoms with Gasteiger partial charge in [0.15, 0.2) is 17.4 Å². The fourth-order valence-electron chi connectivity index (χ4n) is 3.00. The molecule has 0 aliphatic carbocycles. The number of benzene rings is 2. The van der Waals surface area contributed by atoms with Crippen LogP contribution in [0, 0.1) is 23.3 Å². The van der Waals surface area contributed by atoms with Gasteiger partial charge in [0.05, 0.1) is 18.8 Å². The normalized spacial score (nSPS) is 15.0. The molecule has 30 heavy (non-hydrogen) atoms. The van der Waals surface area contributed by atoms with Gasteiger partial charge in [-0.3, -0.25) is 9.69 Å². The third kappa shape index (κ3) is 4.88. The van der Waals surface area contributed by atoms with Crippen LogP contribution in [0.25, 0.3) is 6.08 Å². The maximum Gasteiger partial charge on any atom is 0.205 e. The first-order valence-corrected chi connectivity index (χ1v) is 9.56. The van der Waals surface area contributed by atoms with Crippen LogP contribution in [0.15, 0.2) is 30.3 Å². The third-order valence-corrected chi connectivity index (χ3v) is 4.73. The van der Waals surface area contributed by atoms with Gasteiger partial charge in [-0.25, -0.2) is 8.78 Å². The maximum atomic E-state index is 14.4. The molecule has 2 aromatic rings. The number of carbonyl (C=O) groups excluding carboxylic acids is 1. The summed E-state index contributed by atoms with van der Waals surface area (Å²) in [4.78, 5) is 13.6. The summed E-state index contributed by atoms with van der Waals surface area (Å²) in [5.74, 6) is -7.70. The summed E-state index contributed by atoms with van der Waals surface area (Å²) >= 11 is 0. The van der Waals surface area contributed by atoms with Crippen molar-refractivity contribution in [2.45, 2.75) is 13.3 Å². The van der Waals surface area contributed by atoms with Crippen molar-refractivity contribution in [3.05, 3.63) is 64.7 Å². The molecule has 0 unspecified atom stereocenters. The Kier molecular flexibility index (Phi) is 7.23. The molecule has 0 aromatic heterocycles. The van der Waals surface area contributed by atoms with E-state index in [1.165, 1.54) is 30.3 Å².